The van der Waals surface area contributed by atoms with Gasteiger partial charge >= 0.3 is 0 Å². The third kappa shape index (κ3) is 1.74. The molecule has 2 N–H and O–H groups in total. The van der Waals surface area contributed by atoms with Crippen molar-refractivity contribution in [1.82, 2.24) is 9.78 Å². The second-order valence-electron chi connectivity index (χ2n) is 4.80. The molecule has 1 aromatic carbocycles. The molecule has 18 heavy (non-hydrogen) atoms. The molecule has 4 nitrogen and oxygen atoms in total. The van der Waals surface area contributed by atoms with Gasteiger partial charge in [-0.2, -0.15) is 5.10 Å². The number of methoxy groups -OCH3 is 1. The van der Waals surface area contributed by atoms with Crippen molar-refractivity contribution in [3.8, 4) is 16.9 Å². The fourth-order valence-corrected chi connectivity index (χ4v) is 2.28. The number of anilines is 1. The lowest BCUT2D eigenvalue weighted by atomic mass is 10.0. The van der Waals surface area contributed by atoms with Gasteiger partial charge in [-0.3, -0.25) is 4.68 Å². The number of nitrogens with zero attached hydrogens (tertiary/aromatic N) is 2. The number of aryl methyl sites for hydroxylation is 1. The van der Waals surface area contributed by atoms with Crippen molar-refractivity contribution in [2.24, 2.45) is 7.05 Å². The molecule has 1 heterocycles. The Hall–Kier alpha value is -1.97. The van der Waals surface area contributed by atoms with Crippen LogP contribution in [-0.4, -0.2) is 16.9 Å². The first-order valence-electron chi connectivity index (χ1n) is 6.16. The van der Waals surface area contributed by atoms with Gasteiger partial charge in [0.1, 0.15) is 11.6 Å². The third-order valence-electron chi connectivity index (χ3n) is 3.55. The molecule has 1 aromatic heterocycles. The van der Waals surface area contributed by atoms with Crippen molar-refractivity contribution < 1.29 is 4.74 Å². The third-order valence-corrected chi connectivity index (χ3v) is 3.55. The van der Waals surface area contributed by atoms with E-state index in [-0.39, 0.29) is 0 Å². The van der Waals surface area contributed by atoms with Crippen LogP contribution in [0, 0.1) is 0 Å². The summed E-state index contributed by atoms with van der Waals surface area (Å²) in [5.74, 6) is 2.31. The van der Waals surface area contributed by atoms with Crippen molar-refractivity contribution >= 4 is 5.82 Å². The SMILES string of the molecule is COc1cc(-c2cnn(C)c2N)ccc1C1CC1. The summed E-state index contributed by atoms with van der Waals surface area (Å²) >= 11 is 0. The highest BCUT2D eigenvalue weighted by atomic mass is 16.5. The van der Waals surface area contributed by atoms with Crippen molar-refractivity contribution in [1.29, 1.82) is 0 Å². The molecule has 2 aromatic rings. The van der Waals surface area contributed by atoms with Crippen LogP contribution >= 0.6 is 0 Å². The van der Waals surface area contributed by atoms with Gasteiger partial charge in [0.15, 0.2) is 0 Å². The Labute approximate surface area is 106 Å². The molecular formula is C14H17N3O. The van der Waals surface area contributed by atoms with Gasteiger partial charge in [-0.1, -0.05) is 12.1 Å². The van der Waals surface area contributed by atoms with Gasteiger partial charge in [-0.05, 0) is 36.0 Å². The second kappa shape index (κ2) is 4.05. The predicted molar refractivity (Wildman–Crippen MR) is 71.6 cm³/mol. The van der Waals surface area contributed by atoms with Gasteiger partial charge in [0.05, 0.1) is 13.3 Å². The summed E-state index contributed by atoms with van der Waals surface area (Å²) in [6.45, 7) is 0. The molecule has 0 spiro atoms. The molecule has 1 fully saturated rings. The van der Waals surface area contributed by atoms with Gasteiger partial charge in [-0.25, -0.2) is 0 Å². The maximum absolute atomic E-state index is 6.00. The van der Waals surface area contributed by atoms with Crippen molar-refractivity contribution in [3.63, 3.8) is 0 Å². The molecule has 0 amide bonds. The Morgan fingerprint density at radius 2 is 2.17 bits per heavy atom. The average Bonchev–Trinajstić information content (AvgIpc) is 3.17. The molecular weight excluding hydrogens is 226 g/mol. The van der Waals surface area contributed by atoms with E-state index in [1.807, 2.05) is 7.05 Å². The van der Waals surface area contributed by atoms with Crippen LogP contribution in [0.2, 0.25) is 0 Å². The van der Waals surface area contributed by atoms with E-state index in [0.29, 0.717) is 11.7 Å². The maximum atomic E-state index is 6.00. The van der Waals surface area contributed by atoms with E-state index in [9.17, 15) is 0 Å². The minimum Gasteiger partial charge on any atom is -0.496 e. The zero-order valence-corrected chi connectivity index (χ0v) is 10.7. The average molecular weight is 243 g/mol. The van der Waals surface area contributed by atoms with E-state index < -0.39 is 0 Å². The molecule has 0 atom stereocenters. The highest BCUT2D eigenvalue weighted by Crippen LogP contribution is 2.45. The summed E-state index contributed by atoms with van der Waals surface area (Å²) in [6.07, 6.45) is 4.33. The van der Waals surface area contributed by atoms with Crippen LogP contribution in [0.5, 0.6) is 5.75 Å². The van der Waals surface area contributed by atoms with Crippen LogP contribution in [-0.2, 0) is 7.05 Å². The standard InChI is InChI=1S/C14H17N3O/c1-17-14(15)12(8-16-17)10-5-6-11(9-3-4-9)13(7-10)18-2/h5-9H,3-4,15H2,1-2H3. The number of nitrogens with two attached hydrogens (primary N) is 1. The number of aromatic nitrogens is 2. The summed E-state index contributed by atoms with van der Waals surface area (Å²) in [5.41, 5.74) is 9.32. The second-order valence-corrected chi connectivity index (χ2v) is 4.80. The monoisotopic (exact) mass is 243 g/mol. The molecule has 0 saturated heterocycles. The van der Waals surface area contributed by atoms with E-state index in [1.54, 1.807) is 18.0 Å². The molecule has 94 valence electrons. The molecule has 0 bridgehead atoms. The highest BCUT2D eigenvalue weighted by molar-refractivity contribution is 5.75. The van der Waals surface area contributed by atoms with Gasteiger partial charge in [0.25, 0.3) is 0 Å². The van der Waals surface area contributed by atoms with Crippen molar-refractivity contribution in [2.45, 2.75) is 18.8 Å². The molecule has 1 aliphatic carbocycles. The molecule has 1 aliphatic rings. The number of ether oxygens (including phenoxy) is 1. The van der Waals surface area contributed by atoms with E-state index in [0.717, 1.165) is 16.9 Å². The minimum atomic E-state index is 0.677. The summed E-state index contributed by atoms with van der Waals surface area (Å²) in [6, 6.07) is 6.31. The number of hydrogen-bond donors (Lipinski definition) is 1. The number of rotatable bonds is 3. The minimum absolute atomic E-state index is 0.677. The van der Waals surface area contributed by atoms with Crippen LogP contribution in [0.3, 0.4) is 0 Å². The summed E-state index contributed by atoms with van der Waals surface area (Å²) < 4.78 is 7.16. The first kappa shape index (κ1) is 11.1. The van der Waals surface area contributed by atoms with Crippen molar-refractivity contribution in [3.05, 3.63) is 30.0 Å². The zero-order valence-electron chi connectivity index (χ0n) is 10.7. The summed E-state index contributed by atoms with van der Waals surface area (Å²) in [5, 5.41) is 4.17. The van der Waals surface area contributed by atoms with E-state index in [4.69, 9.17) is 10.5 Å². The largest absolute Gasteiger partial charge is 0.496 e. The number of nitrogen functional groups attached to an aromatic ring is 1. The predicted octanol–water partition coefficient (Wildman–Crippen LogP) is 2.56. The molecule has 3 rings (SSSR count). The Morgan fingerprint density at radius 1 is 1.39 bits per heavy atom. The zero-order chi connectivity index (χ0) is 12.7. The van der Waals surface area contributed by atoms with Gasteiger partial charge in [0, 0.05) is 12.6 Å². The van der Waals surface area contributed by atoms with Crippen LogP contribution in [0.4, 0.5) is 5.82 Å². The van der Waals surface area contributed by atoms with Gasteiger partial charge < -0.3 is 10.5 Å². The fraction of sp³-hybridized carbons (Fsp3) is 0.357. The lowest BCUT2D eigenvalue weighted by molar-refractivity contribution is 0.410. The normalized spacial score (nSPS) is 14.8. The van der Waals surface area contributed by atoms with Crippen molar-refractivity contribution in [2.75, 3.05) is 12.8 Å². The highest BCUT2D eigenvalue weighted by Gasteiger charge is 2.26. The Bertz CT molecular complexity index is 585. The quantitative estimate of drug-likeness (QED) is 0.901. The maximum Gasteiger partial charge on any atom is 0.129 e. The van der Waals surface area contributed by atoms with E-state index >= 15 is 0 Å². The lowest BCUT2D eigenvalue weighted by Crippen LogP contribution is -1.98. The van der Waals surface area contributed by atoms with Crippen LogP contribution in [0.15, 0.2) is 24.4 Å². The first-order valence-corrected chi connectivity index (χ1v) is 6.16. The van der Waals surface area contributed by atoms with Crippen LogP contribution in [0.25, 0.3) is 11.1 Å². The number of benzene rings is 1. The topological polar surface area (TPSA) is 53.1 Å². The van der Waals surface area contributed by atoms with E-state index in [1.165, 1.54) is 18.4 Å². The molecule has 4 heteroatoms. The molecule has 0 aliphatic heterocycles. The Kier molecular flexibility index (Phi) is 2.51. The molecule has 0 unspecified atom stereocenters. The molecule has 1 saturated carbocycles. The first-order chi connectivity index (χ1) is 8.70. The lowest BCUT2D eigenvalue weighted by Gasteiger charge is -2.09. The van der Waals surface area contributed by atoms with E-state index in [2.05, 4.69) is 23.3 Å². The van der Waals surface area contributed by atoms with Crippen LogP contribution in [0.1, 0.15) is 24.3 Å². The fourth-order valence-electron chi connectivity index (χ4n) is 2.28. The Morgan fingerprint density at radius 3 is 2.72 bits per heavy atom. The van der Waals surface area contributed by atoms with Gasteiger partial charge in [-0.15, -0.1) is 0 Å². The smallest absolute Gasteiger partial charge is 0.129 e. The molecule has 0 radical (unpaired) electrons. The van der Waals surface area contributed by atoms with Gasteiger partial charge in [0.2, 0.25) is 0 Å². The summed E-state index contributed by atoms with van der Waals surface area (Å²) in [4.78, 5) is 0. The summed E-state index contributed by atoms with van der Waals surface area (Å²) in [7, 11) is 3.56. The Balaban J connectivity index is 2.05. The van der Waals surface area contributed by atoms with Crippen LogP contribution < -0.4 is 10.5 Å². The number of hydrogen-bond acceptors (Lipinski definition) is 3.